The molecular weight excluding hydrogens is 253 g/mol. The molecular formula is C10H13Cl2NOS. The molecule has 0 saturated carbocycles. The van der Waals surface area contributed by atoms with Crippen LogP contribution in [0.15, 0.2) is 29.2 Å². The molecule has 0 amide bonds. The number of nitrogens with zero attached hydrogens (tertiary/aromatic N) is 1. The Morgan fingerprint density at radius 3 is 2.47 bits per heavy atom. The van der Waals surface area contributed by atoms with Crippen molar-refractivity contribution in [1.29, 1.82) is 0 Å². The monoisotopic (exact) mass is 265 g/mol. The van der Waals surface area contributed by atoms with Crippen LogP contribution >= 0.6 is 35.1 Å². The molecule has 0 aliphatic heterocycles. The van der Waals surface area contributed by atoms with E-state index in [1.807, 2.05) is 24.3 Å². The predicted molar refractivity (Wildman–Crippen MR) is 66.7 cm³/mol. The average molecular weight is 266 g/mol. The zero-order valence-electron chi connectivity index (χ0n) is 8.36. The van der Waals surface area contributed by atoms with Crippen LogP contribution in [0.3, 0.4) is 0 Å². The third-order valence-electron chi connectivity index (χ3n) is 1.97. The van der Waals surface area contributed by atoms with Crippen LogP contribution in [0.25, 0.3) is 0 Å². The number of likely N-dealkylation sites (N-methyl/N-ethyl adjacent to an activating group) is 1. The first kappa shape index (κ1) is 13.1. The molecule has 0 spiro atoms. The van der Waals surface area contributed by atoms with Gasteiger partial charge >= 0.3 is 0 Å². The van der Waals surface area contributed by atoms with Gasteiger partial charge in [-0.1, -0.05) is 11.6 Å². The minimum atomic E-state index is -0.0349. The minimum absolute atomic E-state index is 0.0349. The summed E-state index contributed by atoms with van der Waals surface area (Å²) in [5.41, 5.74) is 0. The van der Waals surface area contributed by atoms with Crippen LogP contribution in [0.5, 0.6) is 0 Å². The van der Waals surface area contributed by atoms with Gasteiger partial charge in [0.05, 0.1) is 12.6 Å². The molecule has 0 aliphatic carbocycles. The minimum Gasteiger partial charge on any atom is -0.395 e. The molecule has 1 rings (SSSR count). The Bertz CT molecular complexity index is 292. The Balaban J connectivity index is 2.45. The topological polar surface area (TPSA) is 23.5 Å². The van der Waals surface area contributed by atoms with Crippen molar-refractivity contribution >= 4 is 35.1 Å². The van der Waals surface area contributed by atoms with Gasteiger partial charge in [-0.2, -0.15) is 0 Å². The van der Waals surface area contributed by atoms with Gasteiger partial charge < -0.3 is 5.11 Å². The Kier molecular flexibility index (Phi) is 5.79. The first-order chi connectivity index (χ1) is 7.13. The third kappa shape index (κ3) is 4.62. The van der Waals surface area contributed by atoms with Crippen LogP contribution in [-0.4, -0.2) is 35.0 Å². The maximum absolute atomic E-state index is 9.06. The van der Waals surface area contributed by atoms with Crippen LogP contribution in [0.1, 0.15) is 0 Å². The summed E-state index contributed by atoms with van der Waals surface area (Å²) in [5.74, 6) is 0.748. The second-order valence-corrected chi connectivity index (χ2v) is 5.19. The molecule has 1 N–H and O–H groups in total. The second-order valence-electron chi connectivity index (χ2n) is 3.13. The van der Waals surface area contributed by atoms with E-state index in [4.69, 9.17) is 28.5 Å². The maximum Gasteiger partial charge on any atom is 0.0608 e. The van der Waals surface area contributed by atoms with Crippen LogP contribution in [0.4, 0.5) is 0 Å². The standard InChI is InChI=1S/C10H13Cl2NOS/c1-13(12)9(6-14)7-15-10-4-2-8(11)3-5-10/h2-5,9,14H,6-7H2,1H3. The molecule has 2 nitrogen and oxygen atoms in total. The fourth-order valence-electron chi connectivity index (χ4n) is 0.991. The lowest BCUT2D eigenvalue weighted by Crippen LogP contribution is -2.29. The van der Waals surface area contributed by atoms with Crippen LogP contribution in [0.2, 0.25) is 5.02 Å². The van der Waals surface area contributed by atoms with Crippen molar-refractivity contribution in [2.24, 2.45) is 0 Å². The summed E-state index contributed by atoms with van der Waals surface area (Å²) < 4.78 is 1.50. The van der Waals surface area contributed by atoms with Gasteiger partial charge in [-0.25, -0.2) is 4.42 Å². The molecule has 0 radical (unpaired) electrons. The van der Waals surface area contributed by atoms with Crippen molar-refractivity contribution in [2.45, 2.75) is 10.9 Å². The summed E-state index contributed by atoms with van der Waals surface area (Å²) in [7, 11) is 1.74. The van der Waals surface area contributed by atoms with E-state index in [1.54, 1.807) is 18.8 Å². The Morgan fingerprint density at radius 2 is 2.00 bits per heavy atom. The molecule has 0 saturated heterocycles. The first-order valence-corrected chi connectivity index (χ1v) is 6.21. The lowest BCUT2D eigenvalue weighted by atomic mass is 10.4. The zero-order valence-corrected chi connectivity index (χ0v) is 10.7. The van der Waals surface area contributed by atoms with E-state index in [2.05, 4.69) is 0 Å². The highest BCUT2D eigenvalue weighted by atomic mass is 35.5. The van der Waals surface area contributed by atoms with E-state index in [0.717, 1.165) is 15.7 Å². The van der Waals surface area contributed by atoms with Gasteiger partial charge in [0.1, 0.15) is 0 Å². The number of benzene rings is 1. The fraction of sp³-hybridized carbons (Fsp3) is 0.400. The molecule has 1 aromatic rings. The van der Waals surface area contributed by atoms with Gasteiger partial charge in [0, 0.05) is 22.7 Å². The van der Waals surface area contributed by atoms with Crippen molar-refractivity contribution in [3.63, 3.8) is 0 Å². The van der Waals surface area contributed by atoms with Gasteiger partial charge in [0.15, 0.2) is 0 Å². The summed E-state index contributed by atoms with van der Waals surface area (Å²) in [6.45, 7) is 0.0561. The second kappa shape index (κ2) is 6.61. The lowest BCUT2D eigenvalue weighted by Gasteiger charge is -2.18. The van der Waals surface area contributed by atoms with E-state index in [1.165, 1.54) is 4.42 Å². The van der Waals surface area contributed by atoms with Crippen molar-refractivity contribution in [2.75, 3.05) is 19.4 Å². The molecule has 0 bridgehead atoms. The van der Waals surface area contributed by atoms with Gasteiger partial charge in [0.2, 0.25) is 0 Å². The summed E-state index contributed by atoms with van der Waals surface area (Å²) >= 11 is 13.2. The van der Waals surface area contributed by atoms with Gasteiger partial charge in [-0.3, -0.25) is 0 Å². The van der Waals surface area contributed by atoms with Gasteiger partial charge in [0.25, 0.3) is 0 Å². The number of hydrogen-bond donors (Lipinski definition) is 1. The quantitative estimate of drug-likeness (QED) is 0.654. The largest absolute Gasteiger partial charge is 0.395 e. The molecule has 0 aromatic heterocycles. The average Bonchev–Trinajstić information content (AvgIpc) is 2.21. The van der Waals surface area contributed by atoms with E-state index < -0.39 is 0 Å². The van der Waals surface area contributed by atoms with Crippen LogP contribution in [-0.2, 0) is 0 Å². The summed E-state index contributed by atoms with van der Waals surface area (Å²) in [4.78, 5) is 1.12. The first-order valence-electron chi connectivity index (χ1n) is 4.51. The SMILES string of the molecule is CN(Cl)C(CO)CSc1ccc(Cl)cc1. The normalized spacial score (nSPS) is 13.1. The lowest BCUT2D eigenvalue weighted by molar-refractivity contribution is 0.220. The van der Waals surface area contributed by atoms with Crippen LogP contribution < -0.4 is 0 Å². The highest BCUT2D eigenvalue weighted by Crippen LogP contribution is 2.22. The Morgan fingerprint density at radius 1 is 1.40 bits per heavy atom. The summed E-state index contributed by atoms with van der Waals surface area (Å²) in [5, 5.41) is 9.79. The summed E-state index contributed by atoms with van der Waals surface area (Å²) in [6.07, 6.45) is 0. The number of rotatable bonds is 5. The molecule has 0 heterocycles. The third-order valence-corrected chi connectivity index (χ3v) is 3.65. The fourth-order valence-corrected chi connectivity index (χ4v) is 2.37. The predicted octanol–water partition coefficient (Wildman–Crippen LogP) is 2.88. The zero-order chi connectivity index (χ0) is 11.3. The van der Waals surface area contributed by atoms with Crippen molar-refractivity contribution < 1.29 is 5.11 Å². The molecule has 1 atom stereocenters. The highest BCUT2D eigenvalue weighted by Gasteiger charge is 2.11. The van der Waals surface area contributed by atoms with Crippen molar-refractivity contribution in [1.82, 2.24) is 4.42 Å². The van der Waals surface area contributed by atoms with Gasteiger partial charge in [-0.15, -0.1) is 11.8 Å². The number of aliphatic hydroxyl groups excluding tert-OH is 1. The molecule has 0 fully saturated rings. The number of halogens is 2. The Hall–Kier alpha value is 0.0700. The van der Waals surface area contributed by atoms with E-state index >= 15 is 0 Å². The van der Waals surface area contributed by atoms with Crippen molar-refractivity contribution in [3.05, 3.63) is 29.3 Å². The Labute approximate surface area is 104 Å². The number of aliphatic hydroxyl groups is 1. The smallest absolute Gasteiger partial charge is 0.0608 e. The van der Waals surface area contributed by atoms with E-state index in [0.29, 0.717) is 0 Å². The highest BCUT2D eigenvalue weighted by molar-refractivity contribution is 7.99. The molecule has 15 heavy (non-hydrogen) atoms. The molecule has 5 heteroatoms. The number of hydrogen-bond acceptors (Lipinski definition) is 3. The molecule has 1 aromatic carbocycles. The summed E-state index contributed by atoms with van der Waals surface area (Å²) in [6, 6.07) is 7.57. The molecule has 1 unspecified atom stereocenters. The number of thioether (sulfide) groups is 1. The van der Waals surface area contributed by atoms with Gasteiger partial charge in [-0.05, 0) is 36.0 Å². The molecule has 84 valence electrons. The van der Waals surface area contributed by atoms with E-state index in [-0.39, 0.29) is 12.6 Å². The maximum atomic E-state index is 9.06. The molecule has 0 aliphatic rings. The van der Waals surface area contributed by atoms with Crippen LogP contribution in [0, 0.1) is 0 Å². The van der Waals surface area contributed by atoms with Crippen molar-refractivity contribution in [3.8, 4) is 0 Å². The van der Waals surface area contributed by atoms with E-state index in [9.17, 15) is 0 Å².